The number of piperidine rings is 1. The predicted molar refractivity (Wildman–Crippen MR) is 86.9 cm³/mol. The van der Waals surface area contributed by atoms with E-state index in [0.717, 1.165) is 52.2 Å². The Balaban J connectivity index is 1.62. The summed E-state index contributed by atoms with van der Waals surface area (Å²) in [5, 5.41) is 0. The van der Waals surface area contributed by atoms with Crippen molar-refractivity contribution in [1.82, 2.24) is 14.7 Å². The first kappa shape index (κ1) is 16.7. The Kier molecular flexibility index (Phi) is 5.21. The maximum atomic E-state index is 12.9. The zero-order chi connectivity index (χ0) is 16.4. The average Bonchev–Trinajstić information content (AvgIpc) is 3.02. The van der Waals surface area contributed by atoms with Gasteiger partial charge in [0, 0.05) is 58.2 Å². The van der Waals surface area contributed by atoms with Gasteiger partial charge in [0.25, 0.3) is 0 Å². The summed E-state index contributed by atoms with van der Waals surface area (Å²) >= 11 is 0. The summed E-state index contributed by atoms with van der Waals surface area (Å²) in [5.74, 6) is 0.727. The molecule has 3 rings (SSSR count). The summed E-state index contributed by atoms with van der Waals surface area (Å²) in [7, 11) is 1.82. The number of carbonyl (C=O) groups excluding carboxylic acids is 2. The highest BCUT2D eigenvalue weighted by atomic mass is 16.5. The number of rotatable bonds is 3. The Hall–Kier alpha value is -1.14. The highest BCUT2D eigenvalue weighted by molar-refractivity contribution is 5.87. The smallest absolute Gasteiger partial charge is 0.226 e. The van der Waals surface area contributed by atoms with Crippen LogP contribution in [-0.4, -0.2) is 85.5 Å². The predicted octanol–water partition coefficient (Wildman–Crippen LogP) is 0.424. The maximum absolute atomic E-state index is 12.9. The van der Waals surface area contributed by atoms with E-state index >= 15 is 0 Å². The minimum atomic E-state index is -0.111. The third-order valence-electron chi connectivity index (χ3n) is 5.77. The summed E-state index contributed by atoms with van der Waals surface area (Å²) in [6.45, 7) is 8.11. The standard InChI is InChI=1S/C17H29N3O3/c1-3-13-11-20(12-15(13)19-6-8-23-9-7-19)17(22)14-4-5-18(2)16(21)10-14/h13-15H,3-12H2,1-2H3/t13-,14-,15+/m1/s1. The molecule has 6 heteroatoms. The number of likely N-dealkylation sites (tertiary alicyclic amines) is 2. The number of ether oxygens (including phenoxy) is 1. The molecule has 0 saturated carbocycles. The van der Waals surface area contributed by atoms with Crippen LogP contribution in [0.1, 0.15) is 26.2 Å². The molecule has 3 saturated heterocycles. The fourth-order valence-corrected chi connectivity index (χ4v) is 4.17. The molecule has 3 aliphatic heterocycles. The largest absolute Gasteiger partial charge is 0.379 e. The fraction of sp³-hybridized carbons (Fsp3) is 0.882. The van der Waals surface area contributed by atoms with Crippen LogP contribution >= 0.6 is 0 Å². The lowest BCUT2D eigenvalue weighted by molar-refractivity contribution is -0.143. The maximum Gasteiger partial charge on any atom is 0.226 e. The lowest BCUT2D eigenvalue weighted by Crippen LogP contribution is -2.48. The molecule has 0 N–H and O–H groups in total. The van der Waals surface area contributed by atoms with Crippen molar-refractivity contribution in [2.24, 2.45) is 11.8 Å². The van der Waals surface area contributed by atoms with Gasteiger partial charge in [-0.1, -0.05) is 13.3 Å². The van der Waals surface area contributed by atoms with Gasteiger partial charge in [0.2, 0.25) is 11.8 Å². The molecule has 130 valence electrons. The minimum absolute atomic E-state index is 0.102. The second-order valence-electron chi connectivity index (χ2n) is 7.13. The van der Waals surface area contributed by atoms with Crippen molar-refractivity contribution in [3.8, 4) is 0 Å². The summed E-state index contributed by atoms with van der Waals surface area (Å²) in [5.41, 5.74) is 0. The molecule has 3 aliphatic rings. The molecule has 0 aromatic heterocycles. The van der Waals surface area contributed by atoms with E-state index < -0.39 is 0 Å². The van der Waals surface area contributed by atoms with Gasteiger partial charge in [0.1, 0.15) is 0 Å². The van der Waals surface area contributed by atoms with E-state index in [-0.39, 0.29) is 17.7 Å². The molecule has 3 fully saturated rings. The lowest BCUT2D eigenvalue weighted by Gasteiger charge is -2.35. The molecule has 23 heavy (non-hydrogen) atoms. The quantitative estimate of drug-likeness (QED) is 0.756. The second kappa shape index (κ2) is 7.18. The number of nitrogens with zero attached hydrogens (tertiary/aromatic N) is 3. The third kappa shape index (κ3) is 3.53. The first-order chi connectivity index (χ1) is 11.1. The van der Waals surface area contributed by atoms with Gasteiger partial charge in [-0.25, -0.2) is 0 Å². The Morgan fingerprint density at radius 1 is 1.22 bits per heavy atom. The molecule has 3 atom stereocenters. The Bertz CT molecular complexity index is 450. The van der Waals surface area contributed by atoms with E-state index in [4.69, 9.17) is 4.74 Å². The molecule has 0 spiro atoms. The van der Waals surface area contributed by atoms with Gasteiger partial charge in [0.15, 0.2) is 0 Å². The van der Waals surface area contributed by atoms with Crippen LogP contribution in [0.4, 0.5) is 0 Å². The van der Waals surface area contributed by atoms with Gasteiger partial charge in [-0.05, 0) is 12.3 Å². The Morgan fingerprint density at radius 3 is 2.61 bits per heavy atom. The van der Waals surface area contributed by atoms with E-state index in [1.807, 2.05) is 11.9 Å². The number of hydrogen-bond donors (Lipinski definition) is 0. The number of amides is 2. The van der Waals surface area contributed by atoms with Crippen molar-refractivity contribution in [1.29, 1.82) is 0 Å². The number of morpholine rings is 1. The molecule has 0 unspecified atom stereocenters. The zero-order valence-electron chi connectivity index (χ0n) is 14.4. The van der Waals surface area contributed by atoms with Gasteiger partial charge < -0.3 is 14.5 Å². The van der Waals surface area contributed by atoms with Gasteiger partial charge in [0.05, 0.1) is 13.2 Å². The molecule has 0 aromatic rings. The molecular weight excluding hydrogens is 294 g/mol. The van der Waals surface area contributed by atoms with E-state index in [2.05, 4.69) is 11.8 Å². The minimum Gasteiger partial charge on any atom is -0.379 e. The Morgan fingerprint density at radius 2 is 1.96 bits per heavy atom. The van der Waals surface area contributed by atoms with Crippen molar-refractivity contribution < 1.29 is 14.3 Å². The Labute approximate surface area is 138 Å². The number of carbonyl (C=O) groups is 2. The van der Waals surface area contributed by atoms with E-state index in [1.54, 1.807) is 4.90 Å². The van der Waals surface area contributed by atoms with Gasteiger partial charge >= 0.3 is 0 Å². The van der Waals surface area contributed by atoms with Crippen LogP contribution in [0.15, 0.2) is 0 Å². The van der Waals surface area contributed by atoms with E-state index in [0.29, 0.717) is 24.9 Å². The topological polar surface area (TPSA) is 53.1 Å². The fourth-order valence-electron chi connectivity index (χ4n) is 4.17. The van der Waals surface area contributed by atoms with Crippen LogP contribution < -0.4 is 0 Å². The number of hydrogen-bond acceptors (Lipinski definition) is 4. The first-order valence-corrected chi connectivity index (χ1v) is 8.94. The van der Waals surface area contributed by atoms with Gasteiger partial charge in [-0.3, -0.25) is 14.5 Å². The molecule has 2 amide bonds. The van der Waals surface area contributed by atoms with Crippen LogP contribution in [0.2, 0.25) is 0 Å². The first-order valence-electron chi connectivity index (χ1n) is 8.94. The second-order valence-corrected chi connectivity index (χ2v) is 7.13. The molecule has 3 heterocycles. The summed E-state index contributed by atoms with van der Waals surface area (Å²) < 4.78 is 5.46. The van der Waals surface area contributed by atoms with Crippen molar-refractivity contribution in [3.05, 3.63) is 0 Å². The molecule has 0 aromatic carbocycles. The van der Waals surface area contributed by atoms with Gasteiger partial charge in [-0.2, -0.15) is 0 Å². The highest BCUT2D eigenvalue weighted by Gasteiger charge is 2.40. The molecule has 0 aliphatic carbocycles. The van der Waals surface area contributed by atoms with Crippen LogP contribution in [0.25, 0.3) is 0 Å². The van der Waals surface area contributed by atoms with Crippen molar-refractivity contribution in [2.75, 3.05) is 53.0 Å². The van der Waals surface area contributed by atoms with Crippen LogP contribution in [0.3, 0.4) is 0 Å². The third-order valence-corrected chi connectivity index (χ3v) is 5.77. The lowest BCUT2D eigenvalue weighted by atomic mass is 9.95. The summed E-state index contributed by atoms with van der Waals surface area (Å²) in [6.07, 6.45) is 2.28. The monoisotopic (exact) mass is 323 g/mol. The zero-order valence-corrected chi connectivity index (χ0v) is 14.4. The molecular formula is C17H29N3O3. The highest BCUT2D eigenvalue weighted by Crippen LogP contribution is 2.29. The van der Waals surface area contributed by atoms with E-state index in [1.165, 1.54) is 0 Å². The average molecular weight is 323 g/mol. The molecule has 0 radical (unpaired) electrons. The van der Waals surface area contributed by atoms with Gasteiger partial charge in [-0.15, -0.1) is 0 Å². The van der Waals surface area contributed by atoms with Crippen molar-refractivity contribution in [3.63, 3.8) is 0 Å². The molecule has 0 bridgehead atoms. The summed E-state index contributed by atoms with van der Waals surface area (Å²) in [6, 6.07) is 0.454. The normalized spacial score (nSPS) is 33.3. The van der Waals surface area contributed by atoms with Crippen LogP contribution in [-0.2, 0) is 14.3 Å². The van der Waals surface area contributed by atoms with Crippen molar-refractivity contribution >= 4 is 11.8 Å². The summed E-state index contributed by atoms with van der Waals surface area (Å²) in [4.78, 5) is 31.0. The van der Waals surface area contributed by atoms with Crippen molar-refractivity contribution in [2.45, 2.75) is 32.2 Å². The molecule has 6 nitrogen and oxygen atoms in total. The van der Waals surface area contributed by atoms with Crippen LogP contribution in [0, 0.1) is 11.8 Å². The van der Waals surface area contributed by atoms with E-state index in [9.17, 15) is 9.59 Å². The van der Waals surface area contributed by atoms with Crippen LogP contribution in [0.5, 0.6) is 0 Å². The SMILES string of the molecule is CC[C@@H]1CN(C(=O)[C@@H]2CCN(C)C(=O)C2)C[C@@H]1N1CCOCC1.